The molecule has 0 heterocycles. The highest BCUT2D eigenvalue weighted by Crippen LogP contribution is 2.35. The number of esters is 1. The van der Waals surface area contributed by atoms with Crippen molar-refractivity contribution in [3.05, 3.63) is 27.8 Å². The molecule has 1 aromatic rings. The third kappa shape index (κ3) is 3.74. The van der Waals surface area contributed by atoms with Crippen molar-refractivity contribution in [2.45, 2.75) is 33.2 Å². The Morgan fingerprint density at radius 3 is 2.29 bits per heavy atom. The summed E-state index contributed by atoms with van der Waals surface area (Å²) < 4.78 is 33.2. The van der Waals surface area contributed by atoms with Crippen molar-refractivity contribution in [1.82, 2.24) is 0 Å². The quantitative estimate of drug-likeness (QED) is 0.620. The zero-order chi connectivity index (χ0) is 18.4. The van der Waals surface area contributed by atoms with E-state index in [1.165, 1.54) is 6.07 Å². The van der Waals surface area contributed by atoms with Crippen LogP contribution in [0.2, 0.25) is 5.02 Å². The number of halogens is 3. The lowest BCUT2D eigenvalue weighted by atomic mass is 9.98. The van der Waals surface area contributed by atoms with Gasteiger partial charge in [-0.2, -0.15) is 10.5 Å². The first kappa shape index (κ1) is 19.7. The van der Waals surface area contributed by atoms with Gasteiger partial charge in [-0.3, -0.25) is 0 Å². The van der Waals surface area contributed by atoms with Gasteiger partial charge in [-0.05, 0) is 12.8 Å². The van der Waals surface area contributed by atoms with E-state index in [0.717, 1.165) is 0 Å². The van der Waals surface area contributed by atoms with Crippen LogP contribution < -0.4 is 5.32 Å². The second-order valence-electron chi connectivity index (χ2n) is 5.05. The van der Waals surface area contributed by atoms with Crippen molar-refractivity contribution in [2.24, 2.45) is 5.92 Å². The van der Waals surface area contributed by atoms with Gasteiger partial charge in [0.1, 0.15) is 34.3 Å². The number of nitrogens with zero attached hydrogens (tertiary/aromatic N) is 2. The van der Waals surface area contributed by atoms with Gasteiger partial charge >= 0.3 is 5.97 Å². The van der Waals surface area contributed by atoms with Crippen molar-refractivity contribution in [1.29, 1.82) is 10.5 Å². The van der Waals surface area contributed by atoms with E-state index in [0.29, 0.717) is 6.42 Å². The normalized spacial score (nSPS) is 12.7. The zero-order valence-corrected chi connectivity index (χ0v) is 14.2. The third-order valence-electron chi connectivity index (χ3n) is 3.60. The van der Waals surface area contributed by atoms with Gasteiger partial charge in [-0.1, -0.05) is 31.9 Å². The summed E-state index contributed by atoms with van der Waals surface area (Å²) in [6, 6.07) is 1.93. The molecule has 0 bridgehead atoms. The van der Waals surface area contributed by atoms with Crippen molar-refractivity contribution < 1.29 is 18.3 Å². The molecule has 0 saturated heterocycles. The average Bonchev–Trinajstić information content (AvgIpc) is 2.56. The molecule has 24 heavy (non-hydrogen) atoms. The first-order valence-corrected chi connectivity index (χ1v) is 7.65. The minimum absolute atomic E-state index is 0.127. The highest BCUT2D eigenvalue weighted by molar-refractivity contribution is 6.33. The van der Waals surface area contributed by atoms with Gasteiger partial charge < -0.3 is 10.1 Å². The predicted molar refractivity (Wildman–Crippen MR) is 84.3 cm³/mol. The summed E-state index contributed by atoms with van der Waals surface area (Å²) in [4.78, 5) is 12.1. The Bertz CT molecular complexity index is 726. The molecule has 2 atom stereocenters. The van der Waals surface area contributed by atoms with Crippen LogP contribution in [0.1, 0.15) is 38.3 Å². The lowest BCUT2D eigenvalue weighted by Gasteiger charge is -2.25. The second kappa shape index (κ2) is 8.47. The smallest absolute Gasteiger partial charge is 0.328 e. The van der Waals surface area contributed by atoms with Crippen LogP contribution in [0.4, 0.5) is 14.5 Å². The number of hydrogen-bond acceptors (Lipinski definition) is 5. The molecule has 0 aromatic heterocycles. The first-order chi connectivity index (χ1) is 11.3. The minimum atomic E-state index is -1.32. The zero-order valence-electron chi connectivity index (χ0n) is 13.4. The van der Waals surface area contributed by atoms with Crippen LogP contribution in [0.3, 0.4) is 0 Å². The number of nitriles is 2. The van der Waals surface area contributed by atoms with Crippen molar-refractivity contribution in [3.63, 3.8) is 0 Å². The van der Waals surface area contributed by atoms with E-state index in [4.69, 9.17) is 26.9 Å². The standard InChI is InChI=1S/C16H16ClF2N3O2/c1-4-8(3)14(16(23)24-5-2)22-15-10(7-21)12(18)9(6-20)13(19)11(15)17/h8,14,22H,4-5H2,1-3H3/t8-,14-/m1/s1. The van der Waals surface area contributed by atoms with Gasteiger partial charge in [0.05, 0.1) is 12.3 Å². The van der Waals surface area contributed by atoms with Crippen molar-refractivity contribution in [2.75, 3.05) is 11.9 Å². The molecule has 0 aliphatic carbocycles. The first-order valence-electron chi connectivity index (χ1n) is 7.27. The molecular formula is C16H16ClF2N3O2. The van der Waals surface area contributed by atoms with Gasteiger partial charge in [-0.25, -0.2) is 13.6 Å². The Morgan fingerprint density at radius 2 is 1.83 bits per heavy atom. The number of nitrogens with one attached hydrogen (secondary N) is 1. The van der Waals surface area contributed by atoms with E-state index >= 15 is 0 Å². The fourth-order valence-corrected chi connectivity index (χ4v) is 2.30. The number of rotatable bonds is 6. The van der Waals surface area contributed by atoms with Crippen LogP contribution in [-0.2, 0) is 9.53 Å². The second-order valence-corrected chi connectivity index (χ2v) is 5.43. The highest BCUT2D eigenvalue weighted by atomic mass is 35.5. The number of anilines is 1. The summed E-state index contributed by atoms with van der Waals surface area (Å²) >= 11 is 5.85. The Morgan fingerprint density at radius 1 is 1.25 bits per heavy atom. The topological polar surface area (TPSA) is 85.9 Å². The maximum atomic E-state index is 14.2. The molecule has 5 nitrogen and oxygen atoms in total. The molecule has 0 spiro atoms. The number of benzene rings is 1. The minimum Gasteiger partial charge on any atom is -0.464 e. The number of carbonyl (C=O) groups is 1. The van der Waals surface area contributed by atoms with Gasteiger partial charge in [-0.15, -0.1) is 0 Å². The van der Waals surface area contributed by atoms with Gasteiger partial charge in [0.15, 0.2) is 11.6 Å². The van der Waals surface area contributed by atoms with E-state index in [-0.39, 0.29) is 18.2 Å². The molecular weight excluding hydrogens is 340 g/mol. The molecule has 1 aromatic carbocycles. The summed E-state index contributed by atoms with van der Waals surface area (Å²) in [6.07, 6.45) is 0.567. The predicted octanol–water partition coefficient (Wildman–Crippen LogP) is 3.75. The van der Waals surface area contributed by atoms with Crippen LogP contribution in [0.5, 0.6) is 0 Å². The number of hydrogen-bond donors (Lipinski definition) is 1. The van der Waals surface area contributed by atoms with Gasteiger partial charge in [0.25, 0.3) is 0 Å². The van der Waals surface area contributed by atoms with Gasteiger partial charge in [0.2, 0.25) is 0 Å². The molecule has 1 N–H and O–H groups in total. The average molecular weight is 356 g/mol. The lowest BCUT2D eigenvalue weighted by molar-refractivity contribution is -0.145. The molecule has 0 radical (unpaired) electrons. The molecule has 0 amide bonds. The van der Waals surface area contributed by atoms with E-state index < -0.39 is 39.8 Å². The summed E-state index contributed by atoms with van der Waals surface area (Å²) in [7, 11) is 0. The van der Waals surface area contributed by atoms with Crippen LogP contribution in [0, 0.1) is 40.2 Å². The Labute approximate surface area is 143 Å². The number of ether oxygens (including phenoxy) is 1. The van der Waals surface area contributed by atoms with Crippen LogP contribution >= 0.6 is 11.6 Å². The maximum Gasteiger partial charge on any atom is 0.328 e. The molecule has 0 fully saturated rings. The number of carbonyl (C=O) groups excluding carboxylic acids is 1. The van der Waals surface area contributed by atoms with E-state index in [2.05, 4.69) is 5.32 Å². The van der Waals surface area contributed by atoms with Crippen LogP contribution in [0.15, 0.2) is 0 Å². The molecule has 0 aliphatic heterocycles. The molecule has 0 aliphatic rings. The SMILES string of the molecule is CCOC(=O)[C@H](Nc1c(Cl)c(F)c(C#N)c(F)c1C#N)[C@H](C)CC. The summed E-state index contributed by atoms with van der Waals surface area (Å²) in [5.41, 5.74) is -1.94. The van der Waals surface area contributed by atoms with E-state index in [9.17, 15) is 13.6 Å². The van der Waals surface area contributed by atoms with E-state index in [1.54, 1.807) is 19.9 Å². The summed E-state index contributed by atoms with van der Waals surface area (Å²) in [5.74, 6) is -3.49. The molecule has 0 saturated carbocycles. The maximum absolute atomic E-state index is 14.2. The van der Waals surface area contributed by atoms with Crippen LogP contribution in [-0.4, -0.2) is 18.6 Å². The Hall–Kier alpha value is -2.38. The van der Waals surface area contributed by atoms with Crippen molar-refractivity contribution >= 4 is 23.3 Å². The molecule has 8 heteroatoms. The highest BCUT2D eigenvalue weighted by Gasteiger charge is 2.30. The Kier molecular flexibility index (Phi) is 6.94. The fourth-order valence-electron chi connectivity index (χ4n) is 2.06. The largest absolute Gasteiger partial charge is 0.464 e. The fraction of sp³-hybridized carbons (Fsp3) is 0.438. The lowest BCUT2D eigenvalue weighted by Crippen LogP contribution is -2.37. The van der Waals surface area contributed by atoms with Gasteiger partial charge in [0, 0.05) is 0 Å². The molecule has 0 unspecified atom stereocenters. The monoisotopic (exact) mass is 355 g/mol. The Balaban J connectivity index is 3.47. The summed E-state index contributed by atoms with van der Waals surface area (Å²) in [5, 5.41) is 20.0. The van der Waals surface area contributed by atoms with Crippen molar-refractivity contribution in [3.8, 4) is 12.1 Å². The summed E-state index contributed by atoms with van der Waals surface area (Å²) in [6.45, 7) is 5.32. The molecule has 128 valence electrons. The van der Waals surface area contributed by atoms with E-state index in [1.807, 2.05) is 6.92 Å². The molecule has 1 rings (SSSR count). The van der Waals surface area contributed by atoms with Crippen LogP contribution in [0.25, 0.3) is 0 Å². The third-order valence-corrected chi connectivity index (χ3v) is 3.95.